The van der Waals surface area contributed by atoms with Crippen LogP contribution in [0.2, 0.25) is 5.02 Å². The largest absolute Gasteiger partial charge is 0.507 e. The number of ketones is 1. The average molecular weight is 309 g/mol. The second kappa shape index (κ2) is 6.31. The number of nitrogens with zero attached hydrogens (tertiary/aromatic N) is 1. The summed E-state index contributed by atoms with van der Waals surface area (Å²) in [5.41, 5.74) is 0.393. The highest BCUT2D eigenvalue weighted by Gasteiger charge is 2.14. The third-order valence-electron chi connectivity index (χ3n) is 2.28. The number of amides is 1. The standard InChI is InChI=1S/C13H9ClN2O3S/c14-9-3-1-8(2-4-9)10(17)7-11(18)12(19)16-13-15-5-6-20-13/h1-7,17H,(H,15,16,19)/b10-7-. The van der Waals surface area contributed by atoms with Crippen molar-refractivity contribution in [2.75, 3.05) is 5.32 Å². The molecular formula is C13H9ClN2O3S. The number of aromatic nitrogens is 1. The van der Waals surface area contributed by atoms with Gasteiger partial charge < -0.3 is 5.11 Å². The predicted octanol–water partition coefficient (Wildman–Crippen LogP) is 2.90. The van der Waals surface area contributed by atoms with Gasteiger partial charge in [0.05, 0.1) is 0 Å². The number of thiazole rings is 1. The molecule has 0 atom stereocenters. The second-order valence-electron chi connectivity index (χ2n) is 3.69. The number of rotatable bonds is 4. The lowest BCUT2D eigenvalue weighted by Gasteiger charge is -2.01. The van der Waals surface area contributed by atoms with Crippen LogP contribution in [-0.2, 0) is 9.59 Å². The molecular weight excluding hydrogens is 300 g/mol. The first-order valence-corrected chi connectivity index (χ1v) is 6.73. The Bertz CT molecular complexity index is 651. The quantitative estimate of drug-likeness (QED) is 0.517. The fourth-order valence-corrected chi connectivity index (χ4v) is 1.99. The summed E-state index contributed by atoms with van der Waals surface area (Å²) < 4.78 is 0. The lowest BCUT2D eigenvalue weighted by Crippen LogP contribution is -2.21. The Morgan fingerprint density at radius 2 is 2.00 bits per heavy atom. The second-order valence-corrected chi connectivity index (χ2v) is 5.02. The van der Waals surface area contributed by atoms with Crippen molar-refractivity contribution in [3.63, 3.8) is 0 Å². The predicted molar refractivity (Wildman–Crippen MR) is 77.8 cm³/mol. The molecule has 20 heavy (non-hydrogen) atoms. The van der Waals surface area contributed by atoms with Crippen molar-refractivity contribution in [3.8, 4) is 0 Å². The smallest absolute Gasteiger partial charge is 0.298 e. The first-order valence-electron chi connectivity index (χ1n) is 5.47. The minimum absolute atomic E-state index is 0.305. The summed E-state index contributed by atoms with van der Waals surface area (Å²) in [6.07, 6.45) is 2.36. The number of hydrogen-bond donors (Lipinski definition) is 2. The molecule has 0 aliphatic carbocycles. The van der Waals surface area contributed by atoms with E-state index < -0.39 is 11.7 Å². The van der Waals surface area contributed by atoms with E-state index in [0.29, 0.717) is 15.7 Å². The lowest BCUT2D eigenvalue weighted by molar-refractivity contribution is -0.131. The van der Waals surface area contributed by atoms with Crippen molar-refractivity contribution in [3.05, 3.63) is 52.5 Å². The van der Waals surface area contributed by atoms with E-state index in [2.05, 4.69) is 10.3 Å². The fraction of sp³-hybridized carbons (Fsp3) is 0. The first kappa shape index (κ1) is 14.2. The number of halogens is 1. The monoisotopic (exact) mass is 308 g/mol. The Balaban J connectivity index is 2.07. The summed E-state index contributed by atoms with van der Waals surface area (Å²) in [7, 11) is 0. The van der Waals surface area contributed by atoms with E-state index in [1.54, 1.807) is 29.6 Å². The SMILES string of the molecule is O=C(/C=C(\O)c1ccc(Cl)cc1)C(=O)Nc1nccs1. The van der Waals surface area contributed by atoms with Gasteiger partial charge in [-0.2, -0.15) is 0 Å². The van der Waals surface area contributed by atoms with Gasteiger partial charge >= 0.3 is 0 Å². The average Bonchev–Trinajstić information content (AvgIpc) is 2.92. The number of nitrogens with one attached hydrogen (secondary N) is 1. The molecule has 7 heteroatoms. The van der Waals surface area contributed by atoms with Crippen molar-refractivity contribution in [1.82, 2.24) is 4.98 Å². The minimum Gasteiger partial charge on any atom is -0.507 e. The highest BCUT2D eigenvalue weighted by Crippen LogP contribution is 2.16. The van der Waals surface area contributed by atoms with Gasteiger partial charge in [-0.3, -0.25) is 14.9 Å². The van der Waals surface area contributed by atoms with Crippen LogP contribution in [0, 0.1) is 0 Å². The van der Waals surface area contributed by atoms with Gasteiger partial charge in [-0.25, -0.2) is 4.98 Å². The van der Waals surface area contributed by atoms with Crippen molar-refractivity contribution in [2.45, 2.75) is 0 Å². The topological polar surface area (TPSA) is 79.3 Å². The van der Waals surface area contributed by atoms with E-state index in [-0.39, 0.29) is 5.76 Å². The number of anilines is 1. The van der Waals surface area contributed by atoms with Crippen molar-refractivity contribution in [1.29, 1.82) is 0 Å². The molecule has 0 aliphatic heterocycles. The summed E-state index contributed by atoms with van der Waals surface area (Å²) in [4.78, 5) is 27.0. The zero-order valence-corrected chi connectivity index (χ0v) is 11.6. The normalized spacial score (nSPS) is 11.2. The van der Waals surface area contributed by atoms with Crippen LogP contribution in [0.4, 0.5) is 5.13 Å². The summed E-state index contributed by atoms with van der Waals surface area (Å²) >= 11 is 6.91. The van der Waals surface area contributed by atoms with Crippen LogP contribution in [0.1, 0.15) is 5.56 Å². The van der Waals surface area contributed by atoms with Crippen molar-refractivity contribution >= 4 is 45.5 Å². The molecule has 0 spiro atoms. The number of carbonyl (C=O) groups excluding carboxylic acids is 2. The molecule has 1 heterocycles. The Hall–Kier alpha value is -2.18. The maximum Gasteiger partial charge on any atom is 0.298 e. The minimum atomic E-state index is -0.868. The van der Waals surface area contributed by atoms with Crippen LogP contribution < -0.4 is 5.32 Å². The summed E-state index contributed by atoms with van der Waals surface area (Å²) in [6.45, 7) is 0. The third-order valence-corrected chi connectivity index (χ3v) is 3.22. The molecule has 0 radical (unpaired) electrons. The Kier molecular flexibility index (Phi) is 4.49. The van der Waals surface area contributed by atoms with E-state index in [1.807, 2.05) is 0 Å². The molecule has 0 aliphatic rings. The molecule has 2 rings (SSSR count). The van der Waals surface area contributed by atoms with Gasteiger partial charge in [0, 0.05) is 28.2 Å². The summed E-state index contributed by atoms with van der Waals surface area (Å²) in [6, 6.07) is 6.22. The molecule has 0 fully saturated rings. The first-order chi connectivity index (χ1) is 9.56. The van der Waals surface area contributed by atoms with Gasteiger partial charge in [0.25, 0.3) is 5.91 Å². The molecule has 1 aromatic carbocycles. The van der Waals surface area contributed by atoms with Crippen LogP contribution >= 0.6 is 22.9 Å². The number of aliphatic hydroxyl groups is 1. The maximum atomic E-state index is 11.6. The van der Waals surface area contributed by atoms with Gasteiger partial charge in [-0.1, -0.05) is 11.6 Å². The Morgan fingerprint density at radius 1 is 1.30 bits per heavy atom. The van der Waals surface area contributed by atoms with Crippen LogP contribution in [0.15, 0.2) is 41.9 Å². The van der Waals surface area contributed by atoms with Crippen LogP contribution in [0.3, 0.4) is 0 Å². The van der Waals surface area contributed by atoms with Crippen LogP contribution in [0.25, 0.3) is 5.76 Å². The van der Waals surface area contributed by atoms with Gasteiger partial charge in [-0.15, -0.1) is 11.3 Å². The number of aliphatic hydroxyl groups excluding tert-OH is 1. The zero-order valence-electron chi connectivity index (χ0n) is 10.0. The molecule has 5 nitrogen and oxygen atoms in total. The summed E-state index contributed by atoms with van der Waals surface area (Å²) in [5, 5.41) is 14.6. The van der Waals surface area contributed by atoms with Gasteiger partial charge in [0.2, 0.25) is 5.78 Å². The maximum absolute atomic E-state index is 11.6. The molecule has 0 bridgehead atoms. The molecule has 1 aromatic heterocycles. The number of hydrogen-bond acceptors (Lipinski definition) is 5. The lowest BCUT2D eigenvalue weighted by atomic mass is 10.1. The zero-order chi connectivity index (χ0) is 14.5. The molecule has 2 aromatic rings. The van der Waals surface area contributed by atoms with Gasteiger partial charge in [0.15, 0.2) is 5.13 Å². The van der Waals surface area contributed by atoms with Crippen molar-refractivity contribution in [2.24, 2.45) is 0 Å². The van der Waals surface area contributed by atoms with Crippen molar-refractivity contribution < 1.29 is 14.7 Å². The molecule has 1 amide bonds. The van der Waals surface area contributed by atoms with Crippen LogP contribution in [0.5, 0.6) is 0 Å². The highest BCUT2D eigenvalue weighted by atomic mass is 35.5. The van der Waals surface area contributed by atoms with E-state index in [0.717, 1.165) is 6.08 Å². The molecule has 102 valence electrons. The van der Waals surface area contributed by atoms with E-state index in [4.69, 9.17) is 11.6 Å². The third kappa shape index (κ3) is 3.66. The fourth-order valence-electron chi connectivity index (χ4n) is 1.34. The number of carbonyl (C=O) groups is 2. The van der Waals surface area contributed by atoms with Gasteiger partial charge in [-0.05, 0) is 24.3 Å². The van der Waals surface area contributed by atoms with Crippen LogP contribution in [-0.4, -0.2) is 21.8 Å². The highest BCUT2D eigenvalue weighted by molar-refractivity contribution is 7.13. The molecule has 2 N–H and O–H groups in total. The molecule has 0 saturated heterocycles. The molecule has 0 saturated carbocycles. The number of benzene rings is 1. The van der Waals surface area contributed by atoms with Gasteiger partial charge in [0.1, 0.15) is 5.76 Å². The van der Waals surface area contributed by atoms with E-state index in [9.17, 15) is 14.7 Å². The Labute approximate surface area is 123 Å². The van der Waals surface area contributed by atoms with E-state index >= 15 is 0 Å². The molecule has 0 unspecified atom stereocenters. The Morgan fingerprint density at radius 3 is 2.60 bits per heavy atom. The summed E-state index contributed by atoms with van der Waals surface area (Å²) in [5.74, 6) is -2.03. The van der Waals surface area contributed by atoms with E-state index in [1.165, 1.54) is 17.5 Å².